The topological polar surface area (TPSA) is 12.0 Å². The van der Waals surface area contributed by atoms with Crippen LogP contribution in [0.4, 0.5) is 8.78 Å². The van der Waals surface area contributed by atoms with Crippen LogP contribution in [0.15, 0.2) is 6.07 Å². The summed E-state index contributed by atoms with van der Waals surface area (Å²) in [5.41, 5.74) is 1.53. The molecule has 3 heteroatoms. The zero-order valence-electron chi connectivity index (χ0n) is 10.6. The quantitative estimate of drug-likeness (QED) is 0.845. The fraction of sp³-hybridized carbons (Fsp3) is 0.571. The minimum absolute atomic E-state index is 0.0330. The molecule has 0 aromatic heterocycles. The number of benzene rings is 1. The van der Waals surface area contributed by atoms with Gasteiger partial charge in [-0.1, -0.05) is 13.8 Å². The van der Waals surface area contributed by atoms with E-state index in [9.17, 15) is 8.78 Å². The second-order valence-corrected chi connectivity index (χ2v) is 4.96. The van der Waals surface area contributed by atoms with Crippen molar-refractivity contribution in [3.05, 3.63) is 34.4 Å². The smallest absolute Gasteiger partial charge is 0.131 e. The Morgan fingerprint density at radius 2 is 2.06 bits per heavy atom. The number of hydrogen-bond donors (Lipinski definition) is 1. The molecule has 0 saturated heterocycles. The first kappa shape index (κ1) is 12.5. The summed E-state index contributed by atoms with van der Waals surface area (Å²) in [4.78, 5) is 0. The minimum Gasteiger partial charge on any atom is -0.310 e. The van der Waals surface area contributed by atoms with E-state index in [1.807, 2.05) is 6.92 Å². The molecule has 17 heavy (non-hydrogen) atoms. The van der Waals surface area contributed by atoms with Gasteiger partial charge in [0, 0.05) is 11.6 Å². The Morgan fingerprint density at radius 1 is 1.35 bits per heavy atom. The molecule has 0 amide bonds. The SMILES string of the molecule is CCCNC1CC(C)c2c(F)cc(C)c(F)c21. The number of halogens is 2. The largest absolute Gasteiger partial charge is 0.310 e. The van der Waals surface area contributed by atoms with Gasteiger partial charge in [0.2, 0.25) is 0 Å². The first-order valence-electron chi connectivity index (χ1n) is 6.28. The molecule has 0 spiro atoms. The fourth-order valence-electron chi connectivity index (χ4n) is 2.73. The predicted molar refractivity (Wildman–Crippen MR) is 65.2 cm³/mol. The van der Waals surface area contributed by atoms with E-state index in [1.165, 1.54) is 6.07 Å². The summed E-state index contributed by atoms with van der Waals surface area (Å²) in [6.45, 7) is 6.49. The van der Waals surface area contributed by atoms with Crippen molar-refractivity contribution in [1.29, 1.82) is 0 Å². The number of hydrogen-bond acceptors (Lipinski definition) is 1. The Morgan fingerprint density at radius 3 is 2.71 bits per heavy atom. The molecule has 1 aromatic carbocycles. The normalized spacial score (nSPS) is 22.9. The molecule has 0 radical (unpaired) electrons. The van der Waals surface area contributed by atoms with E-state index < -0.39 is 0 Å². The molecular weight excluding hydrogens is 220 g/mol. The highest BCUT2D eigenvalue weighted by atomic mass is 19.1. The Labute approximate surface area is 101 Å². The van der Waals surface area contributed by atoms with Crippen molar-refractivity contribution < 1.29 is 8.78 Å². The Kier molecular flexibility index (Phi) is 3.48. The lowest BCUT2D eigenvalue weighted by atomic mass is 10.00. The first-order valence-corrected chi connectivity index (χ1v) is 6.28. The molecule has 1 aliphatic rings. The van der Waals surface area contributed by atoms with Gasteiger partial charge in [0.15, 0.2) is 0 Å². The average molecular weight is 239 g/mol. The highest BCUT2D eigenvalue weighted by Crippen LogP contribution is 2.43. The molecule has 94 valence electrons. The van der Waals surface area contributed by atoms with Crippen LogP contribution in [0.5, 0.6) is 0 Å². The highest BCUT2D eigenvalue weighted by Gasteiger charge is 2.34. The average Bonchev–Trinajstić information content (AvgIpc) is 2.61. The van der Waals surface area contributed by atoms with Crippen LogP contribution in [0, 0.1) is 18.6 Å². The van der Waals surface area contributed by atoms with E-state index in [0.29, 0.717) is 16.7 Å². The fourth-order valence-corrected chi connectivity index (χ4v) is 2.73. The van der Waals surface area contributed by atoms with Gasteiger partial charge in [-0.05, 0) is 49.4 Å². The first-order chi connectivity index (χ1) is 8.06. The monoisotopic (exact) mass is 239 g/mol. The number of nitrogens with one attached hydrogen (secondary N) is 1. The Hall–Kier alpha value is -0.960. The summed E-state index contributed by atoms with van der Waals surface area (Å²) in [5.74, 6) is -0.402. The van der Waals surface area contributed by atoms with Gasteiger partial charge in [0.1, 0.15) is 11.6 Å². The van der Waals surface area contributed by atoms with Crippen LogP contribution >= 0.6 is 0 Å². The van der Waals surface area contributed by atoms with E-state index in [4.69, 9.17) is 0 Å². The van der Waals surface area contributed by atoms with Crippen molar-refractivity contribution in [2.24, 2.45) is 0 Å². The Bertz CT molecular complexity index is 429. The molecule has 2 atom stereocenters. The van der Waals surface area contributed by atoms with Gasteiger partial charge in [-0.15, -0.1) is 0 Å². The van der Waals surface area contributed by atoms with Crippen LogP contribution in [-0.4, -0.2) is 6.54 Å². The van der Waals surface area contributed by atoms with E-state index in [0.717, 1.165) is 19.4 Å². The van der Waals surface area contributed by atoms with E-state index >= 15 is 0 Å². The number of rotatable bonds is 3. The second-order valence-electron chi connectivity index (χ2n) is 4.96. The molecule has 0 bridgehead atoms. The summed E-state index contributed by atoms with van der Waals surface area (Å²) in [6, 6.07) is 1.28. The summed E-state index contributed by atoms with van der Waals surface area (Å²) in [6.07, 6.45) is 1.78. The number of fused-ring (bicyclic) bond motifs is 1. The molecule has 0 heterocycles. The predicted octanol–water partition coefficient (Wildman–Crippen LogP) is 3.82. The third kappa shape index (κ3) is 2.08. The zero-order valence-corrected chi connectivity index (χ0v) is 10.6. The maximum atomic E-state index is 14.1. The van der Waals surface area contributed by atoms with Crippen LogP contribution in [0.3, 0.4) is 0 Å². The van der Waals surface area contributed by atoms with Gasteiger partial charge in [0.05, 0.1) is 0 Å². The molecule has 1 aliphatic carbocycles. The lowest BCUT2D eigenvalue weighted by Crippen LogP contribution is -2.21. The maximum absolute atomic E-state index is 14.1. The summed E-state index contributed by atoms with van der Waals surface area (Å²) in [5, 5.41) is 3.31. The van der Waals surface area contributed by atoms with Crippen LogP contribution < -0.4 is 5.32 Å². The lowest BCUT2D eigenvalue weighted by molar-refractivity contribution is 0.485. The van der Waals surface area contributed by atoms with Crippen molar-refractivity contribution >= 4 is 0 Å². The second kappa shape index (κ2) is 4.73. The van der Waals surface area contributed by atoms with Gasteiger partial charge >= 0.3 is 0 Å². The van der Waals surface area contributed by atoms with Crippen molar-refractivity contribution in [1.82, 2.24) is 5.32 Å². The van der Waals surface area contributed by atoms with E-state index in [1.54, 1.807) is 6.92 Å². The van der Waals surface area contributed by atoms with Crippen molar-refractivity contribution in [2.45, 2.75) is 45.6 Å². The molecule has 0 aliphatic heterocycles. The van der Waals surface area contributed by atoms with Crippen LogP contribution in [0.1, 0.15) is 55.3 Å². The Balaban J connectivity index is 2.44. The molecule has 2 rings (SSSR count). The molecule has 1 nitrogen and oxygen atoms in total. The lowest BCUT2D eigenvalue weighted by Gasteiger charge is -2.15. The molecular formula is C14H19F2N. The summed E-state index contributed by atoms with van der Waals surface area (Å²) < 4.78 is 28.0. The molecule has 0 saturated carbocycles. The van der Waals surface area contributed by atoms with Crippen LogP contribution in [0.25, 0.3) is 0 Å². The standard InChI is InChI=1S/C14H19F2N/c1-4-5-17-11-7-8(2)12-10(15)6-9(3)14(16)13(11)12/h6,8,11,17H,4-5,7H2,1-3H3. The van der Waals surface area contributed by atoms with Crippen LogP contribution in [0.2, 0.25) is 0 Å². The van der Waals surface area contributed by atoms with Crippen molar-refractivity contribution in [3.8, 4) is 0 Å². The van der Waals surface area contributed by atoms with Gasteiger partial charge in [-0.25, -0.2) is 8.78 Å². The zero-order chi connectivity index (χ0) is 12.6. The number of aryl methyl sites for hydroxylation is 1. The molecule has 1 N–H and O–H groups in total. The molecule has 2 unspecified atom stereocenters. The summed E-state index contributed by atoms with van der Waals surface area (Å²) >= 11 is 0. The molecule has 0 fully saturated rings. The minimum atomic E-state index is -0.257. The van der Waals surface area contributed by atoms with Gasteiger partial charge < -0.3 is 5.32 Å². The summed E-state index contributed by atoms with van der Waals surface area (Å²) in [7, 11) is 0. The molecule has 1 aromatic rings. The van der Waals surface area contributed by atoms with E-state index in [2.05, 4.69) is 12.2 Å². The van der Waals surface area contributed by atoms with Gasteiger partial charge in [-0.3, -0.25) is 0 Å². The van der Waals surface area contributed by atoms with E-state index in [-0.39, 0.29) is 23.6 Å². The third-order valence-corrected chi connectivity index (χ3v) is 3.54. The van der Waals surface area contributed by atoms with Gasteiger partial charge in [-0.2, -0.15) is 0 Å². The van der Waals surface area contributed by atoms with Crippen LogP contribution in [-0.2, 0) is 0 Å². The van der Waals surface area contributed by atoms with Crippen molar-refractivity contribution in [2.75, 3.05) is 6.54 Å². The van der Waals surface area contributed by atoms with Crippen molar-refractivity contribution in [3.63, 3.8) is 0 Å². The van der Waals surface area contributed by atoms with Gasteiger partial charge in [0.25, 0.3) is 0 Å². The highest BCUT2D eigenvalue weighted by molar-refractivity contribution is 5.42. The maximum Gasteiger partial charge on any atom is 0.131 e. The third-order valence-electron chi connectivity index (χ3n) is 3.54.